The van der Waals surface area contributed by atoms with Crippen molar-refractivity contribution >= 4 is 51.7 Å². The molecule has 0 bridgehead atoms. The quantitative estimate of drug-likeness (QED) is 0.530. The van der Waals surface area contributed by atoms with Gasteiger partial charge in [-0.25, -0.2) is 0 Å². The molecule has 5 nitrogen and oxygen atoms in total. The highest BCUT2D eigenvalue weighted by Gasteiger charge is 2.29. The van der Waals surface area contributed by atoms with Crippen LogP contribution in [0.1, 0.15) is 18.4 Å². The number of nitrogens with zero attached hydrogens (tertiary/aromatic N) is 2. The van der Waals surface area contributed by atoms with Gasteiger partial charge in [-0.15, -0.1) is 0 Å². The van der Waals surface area contributed by atoms with Gasteiger partial charge in [0.15, 0.2) is 0 Å². The molecule has 1 N–H and O–H groups in total. The summed E-state index contributed by atoms with van der Waals surface area (Å²) in [6, 6.07) is 13.8. The molecule has 0 aliphatic carbocycles. The summed E-state index contributed by atoms with van der Waals surface area (Å²) in [5.41, 5.74) is 2.15. The second kappa shape index (κ2) is 8.81. The molecule has 1 unspecified atom stereocenters. The standard InChI is InChI=1S/C24H23ClN2O3S/c1-15(23(28)27-10-3-4-18(14-27)24(29)30)16-5-8-22(20(25)13-16)31-19-6-7-21-17(12-19)9-11-26(21)2/h5-9,11-13,18H,1,3-4,10,14H2,2H3,(H,29,30). The summed E-state index contributed by atoms with van der Waals surface area (Å²) in [5, 5.41) is 11.0. The molecular weight excluding hydrogens is 432 g/mol. The maximum atomic E-state index is 12.9. The zero-order valence-electron chi connectivity index (χ0n) is 17.2. The third-order valence-electron chi connectivity index (χ3n) is 5.68. The number of fused-ring (bicyclic) bond motifs is 1. The average molecular weight is 455 g/mol. The van der Waals surface area contributed by atoms with Crippen LogP contribution in [0, 0.1) is 5.92 Å². The van der Waals surface area contributed by atoms with E-state index < -0.39 is 11.9 Å². The molecular formula is C24H23ClN2O3S. The van der Waals surface area contributed by atoms with Crippen LogP contribution < -0.4 is 0 Å². The third kappa shape index (κ3) is 4.50. The van der Waals surface area contributed by atoms with Gasteiger partial charge < -0.3 is 14.6 Å². The Morgan fingerprint density at radius 3 is 2.74 bits per heavy atom. The van der Waals surface area contributed by atoms with Crippen LogP contribution in [0.5, 0.6) is 0 Å². The van der Waals surface area contributed by atoms with E-state index in [9.17, 15) is 14.7 Å². The summed E-state index contributed by atoms with van der Waals surface area (Å²) in [6.45, 7) is 4.72. The number of hydrogen-bond acceptors (Lipinski definition) is 3. The first-order chi connectivity index (χ1) is 14.8. The first kappa shape index (κ1) is 21.5. The predicted octanol–water partition coefficient (Wildman–Crippen LogP) is 5.32. The summed E-state index contributed by atoms with van der Waals surface area (Å²) in [4.78, 5) is 27.7. The lowest BCUT2D eigenvalue weighted by Gasteiger charge is -2.31. The highest BCUT2D eigenvalue weighted by atomic mass is 35.5. The second-order valence-electron chi connectivity index (χ2n) is 7.80. The van der Waals surface area contributed by atoms with Gasteiger partial charge in [0.1, 0.15) is 0 Å². The Kier molecular flexibility index (Phi) is 6.12. The Hall–Kier alpha value is -2.70. The van der Waals surface area contributed by atoms with Crippen LogP contribution in [0.25, 0.3) is 16.5 Å². The van der Waals surface area contributed by atoms with E-state index in [1.54, 1.807) is 22.7 Å². The fraction of sp³-hybridized carbons (Fsp3) is 0.250. The van der Waals surface area contributed by atoms with Gasteiger partial charge in [0, 0.05) is 52.6 Å². The molecule has 160 valence electrons. The highest BCUT2D eigenvalue weighted by Crippen LogP contribution is 2.36. The topological polar surface area (TPSA) is 62.5 Å². The molecule has 0 saturated carbocycles. The van der Waals surface area contributed by atoms with Crippen molar-refractivity contribution in [2.45, 2.75) is 22.6 Å². The summed E-state index contributed by atoms with van der Waals surface area (Å²) in [7, 11) is 2.02. The molecule has 3 aromatic rings. The number of benzene rings is 2. The van der Waals surface area contributed by atoms with Gasteiger partial charge in [0.2, 0.25) is 0 Å². The zero-order chi connectivity index (χ0) is 22.1. The average Bonchev–Trinajstić information content (AvgIpc) is 3.14. The van der Waals surface area contributed by atoms with Crippen molar-refractivity contribution in [3.63, 3.8) is 0 Å². The maximum Gasteiger partial charge on any atom is 0.308 e. The molecule has 1 fully saturated rings. The number of aryl methyl sites for hydroxylation is 1. The Morgan fingerprint density at radius 1 is 1.19 bits per heavy atom. The normalized spacial score (nSPS) is 16.5. The molecule has 2 aromatic carbocycles. The largest absolute Gasteiger partial charge is 0.481 e. The van der Waals surface area contributed by atoms with E-state index in [1.807, 2.05) is 25.4 Å². The van der Waals surface area contributed by atoms with E-state index in [0.29, 0.717) is 35.5 Å². The van der Waals surface area contributed by atoms with Gasteiger partial charge in [-0.05, 0) is 54.8 Å². The Labute approximate surface area is 190 Å². The number of piperidine rings is 1. The summed E-state index contributed by atoms with van der Waals surface area (Å²) in [6.07, 6.45) is 3.31. The molecule has 0 radical (unpaired) electrons. The van der Waals surface area contributed by atoms with Crippen molar-refractivity contribution in [1.29, 1.82) is 0 Å². The molecule has 1 aliphatic rings. The molecule has 1 aliphatic heterocycles. The number of amides is 1. The molecule has 31 heavy (non-hydrogen) atoms. The van der Waals surface area contributed by atoms with Gasteiger partial charge in [-0.2, -0.15) is 0 Å². The van der Waals surface area contributed by atoms with Crippen LogP contribution >= 0.6 is 23.4 Å². The van der Waals surface area contributed by atoms with Gasteiger partial charge in [0.25, 0.3) is 5.91 Å². The summed E-state index contributed by atoms with van der Waals surface area (Å²) >= 11 is 8.10. The number of carboxylic acid groups (broad SMARTS) is 1. The van der Waals surface area contributed by atoms with E-state index in [2.05, 4.69) is 35.4 Å². The molecule has 4 rings (SSSR count). The Morgan fingerprint density at radius 2 is 2.00 bits per heavy atom. The lowest BCUT2D eigenvalue weighted by atomic mass is 9.97. The van der Waals surface area contributed by atoms with Gasteiger partial charge >= 0.3 is 5.97 Å². The molecule has 7 heteroatoms. The minimum Gasteiger partial charge on any atom is -0.481 e. The number of aromatic nitrogens is 1. The van der Waals surface area contributed by atoms with Crippen LogP contribution in [0.3, 0.4) is 0 Å². The fourth-order valence-corrected chi connectivity index (χ4v) is 5.06. The van der Waals surface area contributed by atoms with Crippen molar-refractivity contribution in [2.24, 2.45) is 13.0 Å². The fourth-order valence-electron chi connectivity index (χ4n) is 3.90. The van der Waals surface area contributed by atoms with Crippen molar-refractivity contribution in [1.82, 2.24) is 9.47 Å². The first-order valence-corrected chi connectivity index (χ1v) is 11.3. The van der Waals surface area contributed by atoms with Crippen molar-refractivity contribution in [3.8, 4) is 0 Å². The number of hydrogen-bond donors (Lipinski definition) is 1. The van der Waals surface area contributed by atoms with E-state index >= 15 is 0 Å². The summed E-state index contributed by atoms with van der Waals surface area (Å²) in [5.74, 6) is -1.62. The predicted molar refractivity (Wildman–Crippen MR) is 124 cm³/mol. The zero-order valence-corrected chi connectivity index (χ0v) is 18.7. The van der Waals surface area contributed by atoms with E-state index in [-0.39, 0.29) is 12.5 Å². The number of likely N-dealkylation sites (tertiary alicyclic amines) is 1. The van der Waals surface area contributed by atoms with Crippen molar-refractivity contribution in [2.75, 3.05) is 13.1 Å². The maximum absolute atomic E-state index is 12.9. The lowest BCUT2D eigenvalue weighted by Crippen LogP contribution is -2.42. The smallest absolute Gasteiger partial charge is 0.308 e. The van der Waals surface area contributed by atoms with Crippen LogP contribution in [0.4, 0.5) is 0 Å². The van der Waals surface area contributed by atoms with Crippen LogP contribution in [-0.2, 0) is 16.6 Å². The van der Waals surface area contributed by atoms with Crippen LogP contribution in [-0.4, -0.2) is 39.5 Å². The minimum absolute atomic E-state index is 0.219. The number of carbonyl (C=O) groups is 2. The Bertz CT molecular complexity index is 1190. The van der Waals surface area contributed by atoms with Gasteiger partial charge in [-0.1, -0.05) is 36.0 Å². The van der Waals surface area contributed by atoms with Gasteiger partial charge in [0.05, 0.1) is 10.9 Å². The lowest BCUT2D eigenvalue weighted by molar-refractivity contribution is -0.144. The highest BCUT2D eigenvalue weighted by molar-refractivity contribution is 7.99. The summed E-state index contributed by atoms with van der Waals surface area (Å²) < 4.78 is 2.08. The number of aliphatic carboxylic acids is 1. The number of carbonyl (C=O) groups excluding carboxylic acids is 1. The van der Waals surface area contributed by atoms with Crippen LogP contribution in [0.15, 0.2) is 65.0 Å². The molecule has 1 saturated heterocycles. The number of halogens is 1. The van der Waals surface area contributed by atoms with Crippen LogP contribution in [0.2, 0.25) is 5.02 Å². The number of carboxylic acids is 1. The van der Waals surface area contributed by atoms with E-state index in [4.69, 9.17) is 11.6 Å². The second-order valence-corrected chi connectivity index (χ2v) is 9.32. The molecule has 2 heterocycles. The molecule has 1 amide bonds. The van der Waals surface area contributed by atoms with E-state index in [0.717, 1.165) is 9.79 Å². The van der Waals surface area contributed by atoms with Crippen molar-refractivity contribution < 1.29 is 14.7 Å². The van der Waals surface area contributed by atoms with Gasteiger partial charge in [-0.3, -0.25) is 9.59 Å². The molecule has 0 spiro atoms. The molecule has 1 aromatic heterocycles. The number of rotatable bonds is 5. The Balaban J connectivity index is 1.49. The third-order valence-corrected chi connectivity index (χ3v) is 7.17. The first-order valence-electron chi connectivity index (χ1n) is 10.1. The van der Waals surface area contributed by atoms with Crippen molar-refractivity contribution in [3.05, 3.63) is 65.8 Å². The SMILES string of the molecule is C=C(C(=O)N1CCCC(C(=O)O)C1)c1ccc(Sc2ccc3c(ccn3C)c2)c(Cl)c1. The minimum atomic E-state index is -0.860. The molecule has 1 atom stereocenters. The monoisotopic (exact) mass is 454 g/mol. The van der Waals surface area contributed by atoms with E-state index in [1.165, 1.54) is 10.9 Å².